The van der Waals surface area contributed by atoms with Gasteiger partial charge in [-0.1, -0.05) is 228 Å². The van der Waals surface area contributed by atoms with E-state index >= 15 is 0 Å². The molecule has 7 rings (SSSR count). The number of rotatable bonds is 22. The average Bonchev–Trinajstić information content (AvgIpc) is 3.37. The first-order chi connectivity index (χ1) is 32.1. The molecule has 0 aliphatic heterocycles. The molecule has 0 heterocycles. The van der Waals surface area contributed by atoms with E-state index in [1.165, 1.54) is 20.7 Å². The number of carbonyl (C=O) groups excluding carboxylic acids is 2. The number of phosphoric acid groups is 1. The summed E-state index contributed by atoms with van der Waals surface area (Å²) in [7, 11) is -8.96. The maximum Gasteiger partial charge on any atom is 0.530 e. The van der Waals surface area contributed by atoms with Crippen molar-refractivity contribution in [2.75, 3.05) is 13.2 Å². The number of ether oxygens (including phenoxy) is 2. The second-order valence-corrected chi connectivity index (χ2v) is 26.8. The highest BCUT2D eigenvalue weighted by molar-refractivity contribution is 7.49. The molecule has 0 aliphatic rings. The minimum atomic E-state index is -4.23. The van der Waals surface area contributed by atoms with Crippen molar-refractivity contribution in [3.05, 3.63) is 223 Å². The quantitative estimate of drug-likeness (QED) is 0.0407. The molecule has 0 aliphatic carbocycles. The molecule has 7 aromatic rings. The van der Waals surface area contributed by atoms with Gasteiger partial charge in [-0.25, -0.2) is 14.2 Å². The first-order valence-corrected chi connectivity index (χ1v) is 29.1. The number of carbonyl (C=O) groups is 2. The van der Waals surface area contributed by atoms with Crippen LogP contribution in [0.15, 0.2) is 206 Å². The van der Waals surface area contributed by atoms with Gasteiger partial charge in [0.15, 0.2) is 0 Å². The fraction of sp³-hybridized carbons (Fsp3) is 0.185. The molecule has 1 atom stereocenters. The summed E-state index contributed by atoms with van der Waals surface area (Å²) in [6, 6.07) is 67.3. The van der Waals surface area contributed by atoms with Crippen molar-refractivity contribution in [3.63, 3.8) is 0 Å². The van der Waals surface area contributed by atoms with Crippen LogP contribution in [0.5, 0.6) is 5.75 Å². The Morgan fingerprint density at radius 2 is 0.848 bits per heavy atom. The van der Waals surface area contributed by atoms with E-state index in [4.69, 9.17) is 23.0 Å². The molecular formula is C54H56NO8PSi2. The van der Waals surface area contributed by atoms with Crippen LogP contribution in [-0.2, 0) is 47.5 Å². The number of esters is 1. The van der Waals surface area contributed by atoms with E-state index in [-0.39, 0.29) is 38.6 Å². The SMILES string of the molecule is C[Si](CCOP(=O)(OCC[Si](C)(c1ccccc1)c1ccccc1)Oc1ccc(C[C@H](NC(=O)OCc2ccccc2)C(=O)OCc2ccccc2)cc1)(c1ccccc1)c1ccccc1. The van der Waals surface area contributed by atoms with E-state index in [0.717, 1.165) is 11.1 Å². The second-order valence-electron chi connectivity index (χ2n) is 16.5. The van der Waals surface area contributed by atoms with Crippen LogP contribution in [-0.4, -0.2) is 47.5 Å². The maximum atomic E-state index is 15.0. The van der Waals surface area contributed by atoms with Gasteiger partial charge in [0.2, 0.25) is 0 Å². The van der Waals surface area contributed by atoms with E-state index in [1.54, 1.807) is 24.3 Å². The Hall–Kier alpha value is -6.34. The molecule has 0 fully saturated rings. The van der Waals surface area contributed by atoms with Gasteiger partial charge in [-0.05, 0) is 40.9 Å². The van der Waals surface area contributed by atoms with E-state index in [1.807, 2.05) is 84.9 Å². The first kappa shape index (κ1) is 47.6. The smallest absolute Gasteiger partial charge is 0.459 e. The first-order valence-electron chi connectivity index (χ1n) is 22.2. The molecule has 66 heavy (non-hydrogen) atoms. The summed E-state index contributed by atoms with van der Waals surface area (Å²) in [6.07, 6.45) is -0.670. The predicted molar refractivity (Wildman–Crippen MR) is 267 cm³/mol. The Labute approximate surface area is 390 Å². The molecule has 1 amide bonds. The molecule has 12 heteroatoms. The molecular weight excluding hydrogens is 878 g/mol. The molecule has 0 unspecified atom stereocenters. The van der Waals surface area contributed by atoms with Crippen LogP contribution in [0.1, 0.15) is 16.7 Å². The fourth-order valence-corrected chi connectivity index (χ4v) is 16.0. The van der Waals surface area contributed by atoms with Gasteiger partial charge >= 0.3 is 19.9 Å². The monoisotopic (exact) mass is 933 g/mol. The van der Waals surface area contributed by atoms with Gasteiger partial charge in [-0.2, -0.15) is 0 Å². The molecule has 0 saturated heterocycles. The summed E-state index contributed by atoms with van der Waals surface area (Å²) in [5.41, 5.74) is 2.30. The third kappa shape index (κ3) is 13.1. The summed E-state index contributed by atoms with van der Waals surface area (Å²) in [4.78, 5) is 26.5. The summed E-state index contributed by atoms with van der Waals surface area (Å²) >= 11 is 0. The summed E-state index contributed by atoms with van der Waals surface area (Å²) < 4.78 is 45.0. The van der Waals surface area contributed by atoms with Crippen LogP contribution in [0, 0.1) is 0 Å². The Balaban J connectivity index is 1.09. The van der Waals surface area contributed by atoms with Gasteiger partial charge in [0, 0.05) is 6.42 Å². The van der Waals surface area contributed by atoms with Gasteiger partial charge in [-0.3, -0.25) is 9.05 Å². The number of hydrogen-bond acceptors (Lipinski definition) is 8. The second kappa shape index (κ2) is 23.2. The fourth-order valence-electron chi connectivity index (χ4n) is 7.93. The lowest BCUT2D eigenvalue weighted by molar-refractivity contribution is -0.147. The normalized spacial score (nSPS) is 12.2. The van der Waals surface area contributed by atoms with E-state index in [9.17, 15) is 14.2 Å². The van der Waals surface area contributed by atoms with Crippen molar-refractivity contribution in [1.82, 2.24) is 5.32 Å². The highest BCUT2D eigenvalue weighted by Crippen LogP contribution is 2.50. The van der Waals surface area contributed by atoms with Gasteiger partial charge in [0.25, 0.3) is 0 Å². The Kier molecular flexibility index (Phi) is 16.8. The Morgan fingerprint density at radius 3 is 1.24 bits per heavy atom. The van der Waals surface area contributed by atoms with Crippen molar-refractivity contribution in [2.24, 2.45) is 0 Å². The van der Waals surface area contributed by atoms with Gasteiger partial charge in [-0.15, -0.1) is 0 Å². The van der Waals surface area contributed by atoms with Crippen LogP contribution in [0.25, 0.3) is 0 Å². The minimum Gasteiger partial charge on any atom is -0.459 e. The highest BCUT2D eigenvalue weighted by Gasteiger charge is 2.37. The van der Waals surface area contributed by atoms with Crippen molar-refractivity contribution in [2.45, 2.75) is 50.9 Å². The third-order valence-corrected chi connectivity index (χ3v) is 22.2. The zero-order valence-electron chi connectivity index (χ0n) is 37.4. The maximum absolute atomic E-state index is 15.0. The van der Waals surface area contributed by atoms with Crippen LogP contribution in [0.2, 0.25) is 25.2 Å². The van der Waals surface area contributed by atoms with E-state index < -0.39 is 42.1 Å². The van der Waals surface area contributed by atoms with Crippen molar-refractivity contribution >= 4 is 56.8 Å². The van der Waals surface area contributed by atoms with Crippen LogP contribution in [0.3, 0.4) is 0 Å². The molecule has 0 aromatic heterocycles. The molecule has 338 valence electrons. The van der Waals surface area contributed by atoms with E-state index in [0.29, 0.717) is 17.7 Å². The number of amides is 1. The summed E-state index contributed by atoms with van der Waals surface area (Å²) in [6.45, 7) is 4.93. The lowest BCUT2D eigenvalue weighted by Crippen LogP contribution is -2.56. The standard InChI is InChI=1S/C54H56NO8PSi2/c1-65(48-25-13-5-14-26-48,49-27-15-6-16-28-49)39-37-61-64(58,62-38-40-66(2,50-29-17-7-18-30-50)51-31-19-8-20-32-51)63-47-35-33-44(34-36-47)41-52(53(56)59-42-45-21-9-3-10-22-45)55-54(57)60-43-46-23-11-4-12-24-46/h3-36,52H,37-43H2,1-2H3,(H,55,57)/t52-/m0/s1. The van der Waals surface area contributed by atoms with Crippen LogP contribution < -0.4 is 30.6 Å². The zero-order valence-corrected chi connectivity index (χ0v) is 40.3. The highest BCUT2D eigenvalue weighted by atomic mass is 31.2. The van der Waals surface area contributed by atoms with Gasteiger partial charge in [0.1, 0.15) is 41.2 Å². The van der Waals surface area contributed by atoms with Gasteiger partial charge < -0.3 is 19.3 Å². The number of hydrogen-bond donors (Lipinski definition) is 1. The molecule has 1 N–H and O–H groups in total. The summed E-state index contributed by atoms with van der Waals surface area (Å²) in [5.74, 6) is -0.358. The number of phosphoric ester groups is 1. The topological polar surface area (TPSA) is 109 Å². The van der Waals surface area contributed by atoms with Crippen LogP contribution in [0.4, 0.5) is 4.79 Å². The van der Waals surface area contributed by atoms with Crippen molar-refractivity contribution in [3.8, 4) is 5.75 Å². The molecule has 0 saturated carbocycles. The lowest BCUT2D eigenvalue weighted by atomic mass is 10.1. The third-order valence-electron chi connectivity index (χ3n) is 11.9. The Morgan fingerprint density at radius 1 is 0.485 bits per heavy atom. The van der Waals surface area contributed by atoms with Gasteiger partial charge in [0.05, 0.1) is 13.2 Å². The lowest BCUT2D eigenvalue weighted by Gasteiger charge is -2.30. The molecule has 0 bridgehead atoms. The molecule has 0 radical (unpaired) electrons. The minimum absolute atomic E-state index is 0.0363. The summed E-state index contributed by atoms with van der Waals surface area (Å²) in [5, 5.41) is 7.64. The number of alkyl carbamates (subject to hydrolysis) is 1. The largest absolute Gasteiger partial charge is 0.530 e. The number of nitrogens with one attached hydrogen (secondary N) is 1. The van der Waals surface area contributed by atoms with Crippen molar-refractivity contribution < 1.29 is 37.2 Å². The predicted octanol–water partition coefficient (Wildman–Crippen LogP) is 9.57. The molecule has 9 nitrogen and oxygen atoms in total. The average molecular weight is 934 g/mol. The zero-order chi connectivity index (χ0) is 46.1. The van der Waals surface area contributed by atoms with Crippen LogP contribution >= 0.6 is 7.82 Å². The molecule has 0 spiro atoms. The van der Waals surface area contributed by atoms with Crippen molar-refractivity contribution in [1.29, 1.82) is 0 Å². The van der Waals surface area contributed by atoms with E-state index in [2.05, 4.69) is 115 Å². The molecule has 7 aromatic carbocycles. The Bertz CT molecular complexity index is 2430. The number of benzene rings is 7.